The number of nitrogens with one attached hydrogen (secondary N) is 12. The summed E-state index contributed by atoms with van der Waals surface area (Å²) >= 11 is 0. The third-order valence-electron chi connectivity index (χ3n) is 18.6. The molecule has 0 heterocycles. The number of carboxylic acid groups (broad SMARTS) is 1. The van der Waals surface area contributed by atoms with Crippen molar-refractivity contribution in [3.63, 3.8) is 0 Å². The lowest BCUT2D eigenvalue weighted by atomic mass is 9.98. The number of aliphatic carboxylic acids is 1. The molecule has 12 amide bonds. The molecule has 0 fully saturated rings. The molecular weight excluding hydrogens is 1430 g/mol. The number of carboxylic acids is 1. The number of nitrogens with two attached hydrogens (primary N) is 7. The smallest absolute Gasteiger partial charge is 0.326 e. The van der Waals surface area contributed by atoms with Crippen LogP contribution in [0.4, 0.5) is 0 Å². The maximum absolute atomic E-state index is 14.8. The first-order valence-corrected chi connectivity index (χ1v) is 41.1. The van der Waals surface area contributed by atoms with Crippen LogP contribution in [0.3, 0.4) is 0 Å². The zero-order chi connectivity index (χ0) is 84.5. The fourth-order valence-electron chi connectivity index (χ4n) is 12.7. The van der Waals surface area contributed by atoms with E-state index in [0.29, 0.717) is 96.6 Å². The van der Waals surface area contributed by atoms with E-state index in [-0.39, 0.29) is 145 Å². The summed E-state index contributed by atoms with van der Waals surface area (Å²) in [5.74, 6) is -10.5. The molecule has 642 valence electrons. The van der Waals surface area contributed by atoms with E-state index in [2.05, 4.69) is 63.8 Å². The summed E-state index contributed by atoms with van der Waals surface area (Å²) in [5, 5.41) is 43.4. The van der Waals surface area contributed by atoms with Gasteiger partial charge in [0.15, 0.2) is 0 Å². The topological polar surface area (TPSA) is 569 Å². The highest BCUT2D eigenvalue weighted by molar-refractivity contribution is 6.00. The molecule has 0 aromatic heterocycles. The van der Waals surface area contributed by atoms with Gasteiger partial charge in [0, 0.05) is 0 Å². The molecule has 0 bridgehead atoms. The normalized spacial score (nSPS) is 15.2. The predicted molar refractivity (Wildman–Crippen MR) is 432 cm³/mol. The van der Waals surface area contributed by atoms with Gasteiger partial charge >= 0.3 is 5.97 Å². The minimum Gasteiger partial charge on any atom is -0.480 e. The molecule has 0 aromatic rings. The van der Waals surface area contributed by atoms with E-state index >= 15 is 0 Å². The Morgan fingerprint density at radius 1 is 0.207 bits per heavy atom. The Morgan fingerprint density at radius 3 is 0.495 bits per heavy atom. The van der Waals surface area contributed by atoms with Gasteiger partial charge in [-0.25, -0.2) is 4.79 Å². The molecule has 0 saturated heterocycles. The quantitative estimate of drug-likeness (QED) is 0.0382. The molecule has 0 unspecified atom stereocenters. The Balaban J connectivity index is 7.32. The molecule has 33 heteroatoms. The molecule has 0 aliphatic carbocycles. The monoisotopic (exact) mass is 1580 g/mol. The average molecular weight is 1580 g/mol. The van der Waals surface area contributed by atoms with E-state index in [0.717, 1.165) is 0 Å². The molecule has 111 heavy (non-hydrogen) atoms. The highest BCUT2D eigenvalue weighted by Crippen LogP contribution is 2.18. The van der Waals surface area contributed by atoms with Crippen molar-refractivity contribution in [2.75, 3.05) is 39.3 Å². The van der Waals surface area contributed by atoms with Crippen molar-refractivity contribution in [2.24, 2.45) is 81.6 Å². The Hall–Kier alpha value is -7.17. The van der Waals surface area contributed by atoms with E-state index in [1.807, 2.05) is 96.9 Å². The number of amides is 12. The minimum atomic E-state index is -1.30. The predicted octanol–water partition coefficient (Wildman–Crippen LogP) is 1.31. The first-order valence-electron chi connectivity index (χ1n) is 41.1. The van der Waals surface area contributed by atoms with Gasteiger partial charge in [0.05, 0.1) is 6.04 Å². The summed E-state index contributed by atoms with van der Waals surface area (Å²) in [6.45, 7) is 27.6. The van der Waals surface area contributed by atoms with Crippen molar-refractivity contribution in [3.05, 3.63) is 0 Å². The largest absolute Gasteiger partial charge is 0.480 e. The molecule has 0 radical (unpaired) electrons. The van der Waals surface area contributed by atoms with Crippen LogP contribution in [0.15, 0.2) is 0 Å². The van der Waals surface area contributed by atoms with Crippen molar-refractivity contribution >= 4 is 76.9 Å². The Labute approximate surface area is 662 Å². The summed E-state index contributed by atoms with van der Waals surface area (Å²) in [6.07, 6.45) is 6.77. The van der Waals surface area contributed by atoms with Crippen molar-refractivity contribution in [1.29, 1.82) is 0 Å². The molecular formula is C78H151N19O14. The Morgan fingerprint density at radius 2 is 0.342 bits per heavy atom. The van der Waals surface area contributed by atoms with Gasteiger partial charge in [-0.05, 0) is 241 Å². The van der Waals surface area contributed by atoms with Crippen molar-refractivity contribution in [3.8, 4) is 0 Å². The van der Waals surface area contributed by atoms with Crippen LogP contribution in [-0.4, -0.2) is 200 Å². The van der Waals surface area contributed by atoms with E-state index in [4.69, 9.17) is 40.1 Å². The van der Waals surface area contributed by atoms with Gasteiger partial charge in [-0.1, -0.05) is 96.9 Å². The van der Waals surface area contributed by atoms with Crippen LogP contribution >= 0.6 is 0 Å². The van der Waals surface area contributed by atoms with Crippen LogP contribution in [-0.2, 0) is 62.3 Å². The Bertz CT molecular complexity index is 2780. The standard InChI is InChI=1S/C78H151N19O14/c1-46(2)39-53(85)66(98)92-60(40-47(3)4)73(105)89-54(27-15-21-33-79)67(99)86-57(30-18-24-36-82)70(102)93-63(43-50(9)10)76(108)95-61(41-48(5)6)74(106)90-55(28-16-22-34-80)68(100)87-58(31-19-25-37-83)71(103)94-64(44-51(11)12)77(109)96-62(42-49(7)8)75(107)91-56(29-17-23-35-81)69(101)88-59(32-20-26-38-84)72(104)97-65(78(110)111)45-52(13)14/h46-65H,15-45,79-85H2,1-14H3,(H,86,99)(H,87,100)(H,88,101)(H,89,105)(H,90,106)(H,91,107)(H,92,98)(H,93,102)(H,94,103)(H,95,108)(H,96,109)(H,97,104)(H,110,111)/t53-,54-,55-,56-,57-,58-,59-,60-,61-,62-,63-,64-,65-/m0/s1. The van der Waals surface area contributed by atoms with Gasteiger partial charge in [-0.3, -0.25) is 57.5 Å². The zero-order valence-electron chi connectivity index (χ0n) is 69.8. The van der Waals surface area contributed by atoms with Gasteiger partial charge in [0.25, 0.3) is 0 Å². The number of carbonyl (C=O) groups excluding carboxylic acids is 12. The van der Waals surface area contributed by atoms with E-state index in [9.17, 15) is 67.4 Å². The van der Waals surface area contributed by atoms with E-state index in [1.165, 1.54) is 0 Å². The summed E-state index contributed by atoms with van der Waals surface area (Å²) in [4.78, 5) is 185. The lowest BCUT2D eigenvalue weighted by Gasteiger charge is -2.30. The fourth-order valence-corrected chi connectivity index (χ4v) is 12.7. The first-order chi connectivity index (χ1) is 52.3. The van der Waals surface area contributed by atoms with E-state index < -0.39 is 155 Å². The van der Waals surface area contributed by atoms with Gasteiger partial charge < -0.3 is 109 Å². The summed E-state index contributed by atoms with van der Waals surface area (Å²) in [5.41, 5.74) is 41.4. The maximum Gasteiger partial charge on any atom is 0.326 e. The summed E-state index contributed by atoms with van der Waals surface area (Å²) < 4.78 is 0. The molecule has 0 aliphatic rings. The van der Waals surface area contributed by atoms with Gasteiger partial charge in [-0.15, -0.1) is 0 Å². The lowest BCUT2D eigenvalue weighted by Crippen LogP contribution is -2.61. The first kappa shape index (κ1) is 104. The number of carbonyl (C=O) groups is 13. The molecule has 0 spiro atoms. The third kappa shape index (κ3) is 46.0. The van der Waals surface area contributed by atoms with Crippen LogP contribution in [0.2, 0.25) is 0 Å². The average Bonchev–Trinajstić information content (AvgIpc) is 0.856. The molecule has 0 rings (SSSR count). The van der Waals surface area contributed by atoms with Gasteiger partial charge in [0.2, 0.25) is 70.9 Å². The van der Waals surface area contributed by atoms with Crippen molar-refractivity contribution in [1.82, 2.24) is 63.8 Å². The zero-order valence-corrected chi connectivity index (χ0v) is 69.8. The van der Waals surface area contributed by atoms with Gasteiger partial charge in [-0.2, -0.15) is 0 Å². The number of rotatable bonds is 63. The summed E-state index contributed by atoms with van der Waals surface area (Å²) in [6, 6.07) is -15.6. The maximum atomic E-state index is 14.8. The van der Waals surface area contributed by atoms with Crippen LogP contribution in [0.25, 0.3) is 0 Å². The van der Waals surface area contributed by atoms with Gasteiger partial charge in [0.1, 0.15) is 72.5 Å². The second kappa shape index (κ2) is 58.7. The van der Waals surface area contributed by atoms with Crippen molar-refractivity contribution < 1.29 is 67.4 Å². The fraction of sp³-hybridized carbons (Fsp3) is 0.833. The van der Waals surface area contributed by atoms with Crippen LogP contribution < -0.4 is 104 Å². The minimum absolute atomic E-state index is 0.0425. The molecule has 0 aromatic carbocycles. The van der Waals surface area contributed by atoms with Crippen molar-refractivity contribution in [2.45, 2.75) is 336 Å². The molecule has 27 N–H and O–H groups in total. The second-order valence-corrected chi connectivity index (χ2v) is 32.8. The lowest BCUT2D eigenvalue weighted by molar-refractivity contribution is -0.143. The number of hydrogen-bond donors (Lipinski definition) is 20. The molecule has 0 aliphatic heterocycles. The molecule has 0 saturated carbocycles. The van der Waals surface area contributed by atoms with Crippen LogP contribution in [0.5, 0.6) is 0 Å². The number of hydrogen-bond acceptors (Lipinski definition) is 20. The number of unbranched alkanes of at least 4 members (excludes halogenated alkanes) is 6. The third-order valence-corrected chi connectivity index (χ3v) is 18.6. The summed E-state index contributed by atoms with van der Waals surface area (Å²) in [7, 11) is 0. The Kier molecular flexibility index (Phi) is 54.9. The van der Waals surface area contributed by atoms with E-state index in [1.54, 1.807) is 0 Å². The van der Waals surface area contributed by atoms with Crippen LogP contribution in [0.1, 0.15) is 257 Å². The van der Waals surface area contributed by atoms with Crippen LogP contribution in [0, 0.1) is 41.4 Å². The highest BCUT2D eigenvalue weighted by Gasteiger charge is 2.38. The SMILES string of the molecule is CC(C)C[C@H](NC(=O)[C@H](CCCCN)NC(=O)[C@H](CCCCN)NC(=O)[C@H](CC(C)C)NC(=O)[C@H](CC(C)C)NC(=O)[C@H](CCCCN)NC(=O)[C@H](CCCCN)NC(=O)[C@H](CC(C)C)NC(=O)[C@H](CC(C)C)NC(=O)[C@H](CCCCN)NC(=O)[C@H](CCCCN)NC(=O)[C@H](CC(C)C)NC(=O)[C@@H](N)CC(C)C)C(=O)O. The molecule has 33 nitrogen and oxygen atoms in total. The highest BCUT2D eigenvalue weighted by atomic mass is 16.4. The second-order valence-electron chi connectivity index (χ2n) is 32.8. The molecule has 13 atom stereocenters.